The van der Waals surface area contributed by atoms with Gasteiger partial charge in [0.05, 0.1) is 11.4 Å². The molecule has 2 heterocycles. The predicted octanol–water partition coefficient (Wildman–Crippen LogP) is 4.33. The zero-order valence-corrected chi connectivity index (χ0v) is 13.7. The van der Waals surface area contributed by atoms with Crippen LogP contribution in [0.2, 0.25) is 0 Å². The number of aryl methyl sites for hydroxylation is 2. The van der Waals surface area contributed by atoms with E-state index in [2.05, 4.69) is 22.7 Å². The quantitative estimate of drug-likeness (QED) is 0.662. The Morgan fingerprint density at radius 1 is 1.30 bits per heavy atom. The van der Waals surface area contributed by atoms with E-state index in [1.807, 2.05) is 57.2 Å². The number of hydrogen-bond donors (Lipinski definition) is 0. The normalized spacial score (nSPS) is 9.83. The molecule has 0 saturated heterocycles. The van der Waals surface area contributed by atoms with Crippen molar-refractivity contribution >= 4 is 5.65 Å². The zero-order valence-electron chi connectivity index (χ0n) is 13.7. The molecule has 23 heavy (non-hydrogen) atoms. The van der Waals surface area contributed by atoms with E-state index in [9.17, 15) is 5.26 Å². The van der Waals surface area contributed by atoms with Crippen LogP contribution in [0.4, 0.5) is 0 Å². The average Bonchev–Trinajstić information content (AvgIpc) is 2.94. The van der Waals surface area contributed by atoms with Crippen molar-refractivity contribution < 1.29 is 0 Å². The second-order valence-electron chi connectivity index (χ2n) is 5.08. The lowest BCUT2D eigenvalue weighted by Crippen LogP contribution is -1.98. The number of allylic oxidation sites excluding steroid dienone is 1. The molecule has 1 aromatic carbocycles. The molecule has 0 aliphatic carbocycles. The van der Waals surface area contributed by atoms with Crippen molar-refractivity contribution in [2.75, 3.05) is 0 Å². The van der Waals surface area contributed by atoms with Gasteiger partial charge in [0.1, 0.15) is 11.6 Å². The first kappa shape index (κ1) is 16.4. The van der Waals surface area contributed by atoms with Crippen molar-refractivity contribution in [2.24, 2.45) is 0 Å². The number of benzene rings is 1. The predicted molar refractivity (Wildman–Crippen MR) is 93.1 cm³/mol. The summed E-state index contributed by atoms with van der Waals surface area (Å²) < 4.78 is 1.75. The van der Waals surface area contributed by atoms with E-state index >= 15 is 0 Å². The minimum Gasteiger partial charge on any atom is -0.227 e. The first-order valence-corrected chi connectivity index (χ1v) is 7.58. The van der Waals surface area contributed by atoms with Gasteiger partial charge in [-0.15, -0.1) is 6.58 Å². The molecule has 4 nitrogen and oxygen atoms in total. The molecule has 0 atom stereocenters. The third-order valence-electron chi connectivity index (χ3n) is 3.36. The number of aromatic nitrogens is 3. The summed E-state index contributed by atoms with van der Waals surface area (Å²) in [6.07, 6.45) is 2.48. The fraction of sp³-hybridized carbons (Fsp3) is 0.211. The van der Waals surface area contributed by atoms with Crippen molar-refractivity contribution in [2.45, 2.75) is 27.2 Å². The maximum atomic E-state index is 9.35. The molecular formula is C19H20N4. The van der Waals surface area contributed by atoms with Crippen LogP contribution in [0.5, 0.6) is 0 Å². The minimum atomic E-state index is 0.577. The van der Waals surface area contributed by atoms with Gasteiger partial charge in [-0.25, -0.2) is 9.50 Å². The molecule has 2 aromatic heterocycles. The van der Waals surface area contributed by atoms with Crippen LogP contribution in [0, 0.1) is 18.3 Å². The Morgan fingerprint density at radius 2 is 1.96 bits per heavy atom. The fourth-order valence-electron chi connectivity index (χ4n) is 2.33. The van der Waals surface area contributed by atoms with E-state index < -0.39 is 0 Å². The SMILES string of the molecule is C=CC.CCc1nn2c(C)cc(-c3ccccc3)nc2c1C#N. The summed E-state index contributed by atoms with van der Waals surface area (Å²) in [5.41, 5.74) is 4.91. The standard InChI is InChI=1S/C16H14N4.C3H6/c1-3-14-13(10-17)16-18-15(9-11(2)20(16)19-14)12-7-5-4-6-8-12;1-3-2/h4-9H,3H2,1-2H3;3H,1H2,2H3. The van der Waals surface area contributed by atoms with Gasteiger partial charge in [-0.3, -0.25) is 0 Å². The molecule has 0 N–H and O–H groups in total. The zero-order chi connectivity index (χ0) is 16.8. The lowest BCUT2D eigenvalue weighted by molar-refractivity contribution is 0.856. The lowest BCUT2D eigenvalue weighted by Gasteiger charge is -2.04. The van der Waals surface area contributed by atoms with Gasteiger partial charge in [-0.2, -0.15) is 10.4 Å². The highest BCUT2D eigenvalue weighted by atomic mass is 15.3. The Labute approximate surface area is 136 Å². The summed E-state index contributed by atoms with van der Waals surface area (Å²) in [6.45, 7) is 9.23. The second-order valence-corrected chi connectivity index (χ2v) is 5.08. The van der Waals surface area contributed by atoms with Crippen molar-refractivity contribution in [1.29, 1.82) is 5.26 Å². The van der Waals surface area contributed by atoms with Gasteiger partial charge in [-0.1, -0.05) is 43.3 Å². The van der Waals surface area contributed by atoms with Gasteiger partial charge in [0.15, 0.2) is 5.65 Å². The topological polar surface area (TPSA) is 54.0 Å². The van der Waals surface area contributed by atoms with Crippen molar-refractivity contribution in [3.63, 3.8) is 0 Å². The molecule has 0 amide bonds. The third kappa shape index (κ3) is 3.29. The Kier molecular flexibility index (Phi) is 5.27. The van der Waals surface area contributed by atoms with Crippen LogP contribution in [-0.4, -0.2) is 14.6 Å². The Balaban J connectivity index is 0.000000595. The van der Waals surface area contributed by atoms with Crippen LogP contribution in [0.25, 0.3) is 16.9 Å². The summed E-state index contributed by atoms with van der Waals surface area (Å²) in [7, 11) is 0. The summed E-state index contributed by atoms with van der Waals surface area (Å²) in [5.74, 6) is 0. The van der Waals surface area contributed by atoms with Crippen LogP contribution in [0.1, 0.15) is 30.8 Å². The van der Waals surface area contributed by atoms with E-state index in [-0.39, 0.29) is 0 Å². The lowest BCUT2D eigenvalue weighted by atomic mass is 10.1. The highest BCUT2D eigenvalue weighted by Gasteiger charge is 2.15. The number of nitriles is 1. The van der Waals surface area contributed by atoms with Gasteiger partial charge in [0.25, 0.3) is 0 Å². The maximum absolute atomic E-state index is 9.35. The molecule has 4 heteroatoms. The van der Waals surface area contributed by atoms with Crippen LogP contribution >= 0.6 is 0 Å². The number of fused-ring (bicyclic) bond motifs is 1. The molecule has 0 bridgehead atoms. The molecule has 3 rings (SSSR count). The smallest absolute Gasteiger partial charge is 0.174 e. The Morgan fingerprint density at radius 3 is 2.52 bits per heavy atom. The summed E-state index contributed by atoms with van der Waals surface area (Å²) in [5, 5.41) is 13.8. The Hall–Kier alpha value is -2.93. The molecule has 0 unspecified atom stereocenters. The first-order valence-electron chi connectivity index (χ1n) is 7.58. The first-order chi connectivity index (χ1) is 11.2. The van der Waals surface area contributed by atoms with Gasteiger partial charge in [-0.05, 0) is 26.3 Å². The largest absolute Gasteiger partial charge is 0.227 e. The molecular weight excluding hydrogens is 284 g/mol. The molecule has 0 aliphatic heterocycles. The third-order valence-corrected chi connectivity index (χ3v) is 3.36. The minimum absolute atomic E-state index is 0.577. The molecule has 0 aliphatic rings. The van der Waals surface area contributed by atoms with Gasteiger partial charge < -0.3 is 0 Å². The summed E-state index contributed by atoms with van der Waals surface area (Å²) in [4.78, 5) is 4.62. The maximum Gasteiger partial charge on any atom is 0.174 e. The summed E-state index contributed by atoms with van der Waals surface area (Å²) in [6, 6.07) is 14.2. The Bertz CT molecular complexity index is 854. The van der Waals surface area contributed by atoms with E-state index in [4.69, 9.17) is 0 Å². The molecule has 0 fully saturated rings. The van der Waals surface area contributed by atoms with Crippen LogP contribution in [-0.2, 0) is 6.42 Å². The number of nitrogens with zero attached hydrogens (tertiary/aromatic N) is 4. The molecule has 0 spiro atoms. The molecule has 3 aromatic rings. The van der Waals surface area contributed by atoms with E-state index in [0.717, 1.165) is 29.1 Å². The van der Waals surface area contributed by atoms with E-state index in [1.54, 1.807) is 10.6 Å². The van der Waals surface area contributed by atoms with Crippen LogP contribution < -0.4 is 0 Å². The second kappa shape index (κ2) is 7.37. The van der Waals surface area contributed by atoms with E-state index in [1.165, 1.54) is 0 Å². The molecule has 0 radical (unpaired) electrons. The summed E-state index contributed by atoms with van der Waals surface area (Å²) >= 11 is 0. The monoisotopic (exact) mass is 304 g/mol. The van der Waals surface area contributed by atoms with Crippen molar-refractivity contribution in [3.05, 3.63) is 66.0 Å². The van der Waals surface area contributed by atoms with Gasteiger partial charge in [0.2, 0.25) is 0 Å². The van der Waals surface area contributed by atoms with Gasteiger partial charge in [0, 0.05) is 11.3 Å². The number of rotatable bonds is 2. The van der Waals surface area contributed by atoms with Crippen molar-refractivity contribution in [3.8, 4) is 17.3 Å². The van der Waals surface area contributed by atoms with Crippen LogP contribution in [0.3, 0.4) is 0 Å². The van der Waals surface area contributed by atoms with Gasteiger partial charge >= 0.3 is 0 Å². The van der Waals surface area contributed by atoms with Crippen LogP contribution in [0.15, 0.2) is 49.1 Å². The fourth-order valence-corrected chi connectivity index (χ4v) is 2.33. The highest BCUT2D eigenvalue weighted by Crippen LogP contribution is 2.22. The van der Waals surface area contributed by atoms with E-state index in [0.29, 0.717) is 11.2 Å². The highest BCUT2D eigenvalue weighted by molar-refractivity contribution is 5.66. The molecule has 116 valence electrons. The number of hydrogen-bond acceptors (Lipinski definition) is 3. The van der Waals surface area contributed by atoms with Crippen molar-refractivity contribution in [1.82, 2.24) is 14.6 Å². The molecule has 0 saturated carbocycles. The average molecular weight is 304 g/mol.